The van der Waals surface area contributed by atoms with Gasteiger partial charge in [-0.25, -0.2) is 9.59 Å². The molecule has 20 heavy (non-hydrogen) atoms. The van der Waals surface area contributed by atoms with Gasteiger partial charge in [-0.3, -0.25) is 0 Å². The third-order valence-corrected chi connectivity index (χ3v) is 2.00. The molecule has 0 saturated heterocycles. The molecule has 0 amide bonds. The molecular formula is C8H4F8N2O2. The number of isocyanates is 2. The highest BCUT2D eigenvalue weighted by Crippen LogP contribution is 2.52. The predicted molar refractivity (Wildman–Crippen MR) is 45.8 cm³/mol. The first-order valence-electron chi connectivity index (χ1n) is 4.46. The van der Waals surface area contributed by atoms with Crippen LogP contribution in [0, 0.1) is 0 Å². The second kappa shape index (κ2) is 5.68. The van der Waals surface area contributed by atoms with E-state index in [-0.39, 0.29) is 0 Å². The molecule has 0 aliphatic heterocycles. The van der Waals surface area contributed by atoms with Crippen LogP contribution in [-0.4, -0.2) is 48.9 Å². The van der Waals surface area contributed by atoms with Gasteiger partial charge < -0.3 is 0 Å². The van der Waals surface area contributed by atoms with Gasteiger partial charge in [-0.15, -0.1) is 0 Å². The predicted octanol–water partition coefficient (Wildman–Crippen LogP) is 2.20. The third kappa shape index (κ3) is 3.02. The van der Waals surface area contributed by atoms with Crippen molar-refractivity contribution < 1.29 is 44.7 Å². The fourth-order valence-corrected chi connectivity index (χ4v) is 0.921. The van der Waals surface area contributed by atoms with E-state index < -0.39 is 36.8 Å². The zero-order valence-electron chi connectivity index (χ0n) is 9.15. The summed E-state index contributed by atoms with van der Waals surface area (Å²) in [5.74, 6) is -24.6. The SMILES string of the molecule is O=C=NCC(F)(F)C(F)(F)C(F)(F)C(F)(F)CN=C=O. The quantitative estimate of drug-likeness (QED) is 0.411. The van der Waals surface area contributed by atoms with Crippen LogP contribution in [0.5, 0.6) is 0 Å². The van der Waals surface area contributed by atoms with Crippen molar-refractivity contribution in [3.63, 3.8) is 0 Å². The summed E-state index contributed by atoms with van der Waals surface area (Å²) in [6.07, 6.45) is 0.760. The summed E-state index contributed by atoms with van der Waals surface area (Å²) < 4.78 is 103. The normalized spacial score (nSPS) is 13.4. The number of hydrogen-bond acceptors (Lipinski definition) is 4. The van der Waals surface area contributed by atoms with Crippen molar-refractivity contribution in [2.24, 2.45) is 9.98 Å². The summed E-state index contributed by atoms with van der Waals surface area (Å²) in [5.41, 5.74) is 0. The Hall–Kier alpha value is -1.80. The van der Waals surface area contributed by atoms with E-state index in [1.165, 1.54) is 0 Å². The molecule has 114 valence electrons. The summed E-state index contributed by atoms with van der Waals surface area (Å²) in [5, 5.41) is 0. The van der Waals surface area contributed by atoms with Gasteiger partial charge in [0.1, 0.15) is 13.1 Å². The Labute approximate surface area is 105 Å². The molecule has 0 N–H and O–H groups in total. The first-order valence-corrected chi connectivity index (χ1v) is 4.46. The average Bonchev–Trinajstić information content (AvgIpc) is 2.33. The standard InChI is InChI=1S/C8H4F8N2O2/c9-5(10,1-17-3-19)7(13,14)8(15,16)6(11,12)2-18-4-20/h1-2H2. The smallest absolute Gasteiger partial charge is 0.211 e. The van der Waals surface area contributed by atoms with Crippen LogP contribution < -0.4 is 0 Å². The van der Waals surface area contributed by atoms with E-state index in [4.69, 9.17) is 0 Å². The minimum absolute atomic E-state index is 0.380. The van der Waals surface area contributed by atoms with Gasteiger partial charge in [0.25, 0.3) is 0 Å². The summed E-state index contributed by atoms with van der Waals surface area (Å²) in [4.78, 5) is 22.9. The first kappa shape index (κ1) is 18.2. The monoisotopic (exact) mass is 312 g/mol. The van der Waals surface area contributed by atoms with Crippen LogP contribution in [0.4, 0.5) is 35.1 Å². The average molecular weight is 312 g/mol. The number of rotatable bonds is 7. The van der Waals surface area contributed by atoms with E-state index in [0.717, 1.165) is 0 Å². The van der Waals surface area contributed by atoms with E-state index in [1.54, 1.807) is 0 Å². The van der Waals surface area contributed by atoms with Gasteiger partial charge in [0.15, 0.2) is 0 Å². The van der Waals surface area contributed by atoms with Crippen LogP contribution in [0.15, 0.2) is 9.98 Å². The molecule has 0 unspecified atom stereocenters. The Morgan fingerprint density at radius 3 is 1.10 bits per heavy atom. The Bertz CT molecular complexity index is 409. The van der Waals surface area contributed by atoms with Crippen LogP contribution in [-0.2, 0) is 9.59 Å². The minimum Gasteiger partial charge on any atom is -0.211 e. The molecule has 0 radical (unpaired) electrons. The van der Waals surface area contributed by atoms with Crippen LogP contribution in [0.1, 0.15) is 0 Å². The zero-order chi connectivity index (χ0) is 16.2. The largest absolute Gasteiger partial charge is 0.380 e. The van der Waals surface area contributed by atoms with Crippen molar-refractivity contribution in [2.45, 2.75) is 23.7 Å². The maximum atomic E-state index is 12.9. The maximum Gasteiger partial charge on any atom is 0.380 e. The summed E-state index contributed by atoms with van der Waals surface area (Å²) >= 11 is 0. The molecule has 12 heteroatoms. The molecule has 0 aromatic heterocycles. The molecule has 0 fully saturated rings. The molecule has 4 nitrogen and oxygen atoms in total. The van der Waals surface area contributed by atoms with Gasteiger partial charge >= 0.3 is 23.7 Å². The van der Waals surface area contributed by atoms with E-state index in [0.29, 0.717) is 12.2 Å². The van der Waals surface area contributed by atoms with Crippen LogP contribution >= 0.6 is 0 Å². The molecule has 0 atom stereocenters. The Morgan fingerprint density at radius 2 is 0.900 bits per heavy atom. The molecule has 0 heterocycles. The van der Waals surface area contributed by atoms with Crippen molar-refractivity contribution in [1.82, 2.24) is 0 Å². The summed E-state index contributed by atoms with van der Waals surface area (Å²) in [6, 6.07) is 0. The van der Waals surface area contributed by atoms with Crippen molar-refractivity contribution in [2.75, 3.05) is 13.1 Å². The molecule has 0 spiro atoms. The van der Waals surface area contributed by atoms with Crippen LogP contribution in [0.2, 0.25) is 0 Å². The maximum absolute atomic E-state index is 12.9. The van der Waals surface area contributed by atoms with Crippen molar-refractivity contribution in [3.05, 3.63) is 0 Å². The van der Waals surface area contributed by atoms with Crippen molar-refractivity contribution in [3.8, 4) is 0 Å². The number of alkyl halides is 8. The van der Waals surface area contributed by atoms with Crippen LogP contribution in [0.3, 0.4) is 0 Å². The van der Waals surface area contributed by atoms with E-state index in [2.05, 4.69) is 0 Å². The van der Waals surface area contributed by atoms with Crippen molar-refractivity contribution >= 4 is 12.2 Å². The highest BCUT2D eigenvalue weighted by molar-refractivity contribution is 5.33. The number of carbonyl (C=O) groups excluding carboxylic acids is 2. The Morgan fingerprint density at radius 1 is 0.650 bits per heavy atom. The zero-order valence-corrected chi connectivity index (χ0v) is 9.15. The highest BCUT2D eigenvalue weighted by Gasteiger charge is 2.80. The number of aliphatic imine (C=N–C) groups is 2. The molecule has 0 saturated carbocycles. The lowest BCUT2D eigenvalue weighted by atomic mass is 9.98. The van der Waals surface area contributed by atoms with Crippen LogP contribution in [0.25, 0.3) is 0 Å². The summed E-state index contributed by atoms with van der Waals surface area (Å²) in [6.45, 7) is -4.93. The van der Waals surface area contributed by atoms with E-state index in [9.17, 15) is 44.7 Å². The van der Waals surface area contributed by atoms with Gasteiger partial charge in [-0.1, -0.05) is 0 Å². The molecule has 0 aromatic carbocycles. The second-order valence-electron chi connectivity index (χ2n) is 3.37. The molecule has 0 aliphatic rings. The lowest BCUT2D eigenvalue weighted by Gasteiger charge is -2.35. The van der Waals surface area contributed by atoms with Gasteiger partial charge in [-0.05, 0) is 0 Å². The minimum atomic E-state index is -6.55. The molecule has 0 aromatic rings. The Kier molecular flexibility index (Phi) is 5.17. The molecular weight excluding hydrogens is 308 g/mol. The number of halogens is 8. The first-order chi connectivity index (χ1) is 8.87. The lowest BCUT2D eigenvalue weighted by molar-refractivity contribution is -0.360. The van der Waals surface area contributed by atoms with Gasteiger partial charge in [-0.2, -0.15) is 45.1 Å². The third-order valence-electron chi connectivity index (χ3n) is 2.00. The van der Waals surface area contributed by atoms with Crippen molar-refractivity contribution in [1.29, 1.82) is 0 Å². The molecule has 0 bridgehead atoms. The van der Waals surface area contributed by atoms with E-state index >= 15 is 0 Å². The van der Waals surface area contributed by atoms with Gasteiger partial charge in [0.2, 0.25) is 12.2 Å². The van der Waals surface area contributed by atoms with Gasteiger partial charge in [0, 0.05) is 0 Å². The van der Waals surface area contributed by atoms with Gasteiger partial charge in [0.05, 0.1) is 0 Å². The number of hydrogen-bond donors (Lipinski definition) is 0. The Balaban J connectivity index is 5.64. The highest BCUT2D eigenvalue weighted by atomic mass is 19.4. The van der Waals surface area contributed by atoms with E-state index in [1.807, 2.05) is 9.98 Å². The second-order valence-corrected chi connectivity index (χ2v) is 3.37. The fraction of sp³-hybridized carbons (Fsp3) is 0.750. The lowest BCUT2D eigenvalue weighted by Crippen LogP contribution is -2.63. The topological polar surface area (TPSA) is 58.9 Å². The fourth-order valence-electron chi connectivity index (χ4n) is 0.921. The molecule has 0 aliphatic carbocycles. The molecule has 0 rings (SSSR count). The summed E-state index contributed by atoms with van der Waals surface area (Å²) in [7, 11) is 0. The number of nitrogens with zero attached hydrogens (tertiary/aromatic N) is 2.